The maximum Gasteiger partial charge on any atom is 0.119 e. The SMILES string of the molecule is NCC(CCO)Oc1ccccc1. The summed E-state index contributed by atoms with van der Waals surface area (Å²) in [6.45, 7) is 0.532. The number of nitrogens with two attached hydrogens (primary N) is 1. The van der Waals surface area contributed by atoms with Crippen molar-refractivity contribution in [1.29, 1.82) is 0 Å². The minimum atomic E-state index is -0.0904. The minimum Gasteiger partial charge on any atom is -0.489 e. The van der Waals surface area contributed by atoms with Crippen LogP contribution >= 0.6 is 0 Å². The molecule has 0 saturated heterocycles. The molecule has 3 nitrogen and oxygen atoms in total. The van der Waals surface area contributed by atoms with E-state index in [4.69, 9.17) is 15.6 Å². The molecule has 3 N–H and O–H groups in total. The molecule has 0 saturated carbocycles. The second kappa shape index (κ2) is 5.56. The van der Waals surface area contributed by atoms with Gasteiger partial charge in [-0.25, -0.2) is 0 Å². The molecule has 0 aliphatic rings. The van der Waals surface area contributed by atoms with Crippen LogP contribution in [0.15, 0.2) is 30.3 Å². The molecular weight excluding hydrogens is 166 g/mol. The molecule has 1 unspecified atom stereocenters. The Morgan fingerprint density at radius 1 is 1.31 bits per heavy atom. The van der Waals surface area contributed by atoms with Gasteiger partial charge < -0.3 is 15.6 Å². The predicted octanol–water partition coefficient (Wildman–Crippen LogP) is 0.775. The molecule has 0 radical (unpaired) electrons. The van der Waals surface area contributed by atoms with Crippen molar-refractivity contribution < 1.29 is 9.84 Å². The molecule has 1 atom stereocenters. The Morgan fingerprint density at radius 2 is 2.00 bits per heavy atom. The second-order valence-corrected chi connectivity index (χ2v) is 2.80. The van der Waals surface area contributed by atoms with Crippen LogP contribution in [0.5, 0.6) is 5.75 Å². The van der Waals surface area contributed by atoms with Gasteiger partial charge in [-0.2, -0.15) is 0 Å². The van der Waals surface area contributed by atoms with Crippen LogP contribution in [-0.4, -0.2) is 24.4 Å². The van der Waals surface area contributed by atoms with E-state index in [-0.39, 0.29) is 12.7 Å². The van der Waals surface area contributed by atoms with Crippen molar-refractivity contribution in [2.75, 3.05) is 13.2 Å². The van der Waals surface area contributed by atoms with Crippen molar-refractivity contribution in [3.8, 4) is 5.75 Å². The molecule has 72 valence electrons. The fourth-order valence-corrected chi connectivity index (χ4v) is 1.06. The summed E-state index contributed by atoms with van der Waals surface area (Å²) in [6.07, 6.45) is 0.484. The number of aliphatic hydroxyl groups is 1. The maximum atomic E-state index is 8.71. The fourth-order valence-electron chi connectivity index (χ4n) is 1.06. The van der Waals surface area contributed by atoms with Gasteiger partial charge in [-0.05, 0) is 12.1 Å². The molecule has 13 heavy (non-hydrogen) atoms. The zero-order valence-corrected chi connectivity index (χ0v) is 7.52. The van der Waals surface area contributed by atoms with E-state index in [9.17, 15) is 0 Å². The van der Waals surface area contributed by atoms with Crippen LogP contribution < -0.4 is 10.5 Å². The zero-order chi connectivity index (χ0) is 9.52. The van der Waals surface area contributed by atoms with Crippen molar-refractivity contribution in [3.05, 3.63) is 30.3 Å². The largest absolute Gasteiger partial charge is 0.489 e. The Kier molecular flexibility index (Phi) is 4.29. The van der Waals surface area contributed by atoms with Crippen LogP contribution in [0, 0.1) is 0 Å². The molecule has 3 heteroatoms. The van der Waals surface area contributed by atoms with Gasteiger partial charge in [-0.3, -0.25) is 0 Å². The number of ether oxygens (including phenoxy) is 1. The summed E-state index contributed by atoms with van der Waals surface area (Å²) < 4.78 is 5.52. The van der Waals surface area contributed by atoms with Gasteiger partial charge in [0.05, 0.1) is 0 Å². The molecule has 1 rings (SSSR count). The van der Waals surface area contributed by atoms with Crippen molar-refractivity contribution in [3.63, 3.8) is 0 Å². The van der Waals surface area contributed by atoms with E-state index < -0.39 is 0 Å². The Hall–Kier alpha value is -1.06. The van der Waals surface area contributed by atoms with Gasteiger partial charge >= 0.3 is 0 Å². The first-order chi connectivity index (χ1) is 6.36. The Balaban J connectivity index is 2.46. The number of aliphatic hydroxyl groups excluding tert-OH is 1. The molecular formula is C10H15NO2. The average Bonchev–Trinajstić information content (AvgIpc) is 2.19. The predicted molar refractivity (Wildman–Crippen MR) is 51.6 cm³/mol. The van der Waals surface area contributed by atoms with Crippen LogP contribution in [0.2, 0.25) is 0 Å². The number of benzene rings is 1. The smallest absolute Gasteiger partial charge is 0.119 e. The summed E-state index contributed by atoms with van der Waals surface area (Å²) in [4.78, 5) is 0. The number of para-hydroxylation sites is 1. The highest BCUT2D eigenvalue weighted by atomic mass is 16.5. The number of hydrogen-bond acceptors (Lipinski definition) is 3. The van der Waals surface area contributed by atoms with E-state index in [2.05, 4.69) is 0 Å². The molecule has 0 bridgehead atoms. The van der Waals surface area contributed by atoms with Crippen LogP contribution in [0.25, 0.3) is 0 Å². The molecule has 0 amide bonds. The first-order valence-corrected chi connectivity index (χ1v) is 4.39. The minimum absolute atomic E-state index is 0.0904. The third kappa shape index (κ3) is 3.44. The molecule has 0 aliphatic carbocycles. The van der Waals surface area contributed by atoms with Crippen LogP contribution in [0.3, 0.4) is 0 Å². The van der Waals surface area contributed by atoms with Gasteiger partial charge in [-0.1, -0.05) is 18.2 Å². The van der Waals surface area contributed by atoms with Gasteiger partial charge in [0.15, 0.2) is 0 Å². The Labute approximate surface area is 78.1 Å². The highest BCUT2D eigenvalue weighted by Gasteiger charge is 2.06. The van der Waals surface area contributed by atoms with Gasteiger partial charge in [0.25, 0.3) is 0 Å². The maximum absolute atomic E-state index is 8.71. The summed E-state index contributed by atoms with van der Waals surface area (Å²) in [5.41, 5.74) is 5.47. The summed E-state index contributed by atoms with van der Waals surface area (Å²) in [5.74, 6) is 0.798. The van der Waals surface area contributed by atoms with Crippen LogP contribution in [0.1, 0.15) is 6.42 Å². The standard InChI is InChI=1S/C10H15NO2/c11-8-10(6-7-12)13-9-4-2-1-3-5-9/h1-5,10,12H,6-8,11H2. The summed E-state index contributed by atoms with van der Waals surface area (Å²) in [6, 6.07) is 9.49. The van der Waals surface area contributed by atoms with Crippen LogP contribution in [0.4, 0.5) is 0 Å². The quantitative estimate of drug-likeness (QED) is 0.705. The summed E-state index contributed by atoms with van der Waals surface area (Å²) in [5, 5.41) is 8.71. The molecule has 1 aromatic carbocycles. The van der Waals surface area contributed by atoms with Crippen LogP contribution in [-0.2, 0) is 0 Å². The molecule has 0 spiro atoms. The second-order valence-electron chi connectivity index (χ2n) is 2.80. The molecule has 1 aromatic rings. The molecule has 0 fully saturated rings. The van der Waals surface area contributed by atoms with E-state index in [1.165, 1.54) is 0 Å². The Bertz CT molecular complexity index is 226. The number of hydrogen-bond donors (Lipinski definition) is 2. The normalized spacial score (nSPS) is 12.5. The third-order valence-electron chi connectivity index (χ3n) is 1.76. The van der Waals surface area contributed by atoms with Gasteiger partial charge in [0.1, 0.15) is 11.9 Å². The first-order valence-electron chi connectivity index (χ1n) is 4.39. The van der Waals surface area contributed by atoms with E-state index >= 15 is 0 Å². The lowest BCUT2D eigenvalue weighted by molar-refractivity contribution is 0.160. The monoisotopic (exact) mass is 181 g/mol. The fraction of sp³-hybridized carbons (Fsp3) is 0.400. The first kappa shape index (κ1) is 10.0. The van der Waals surface area contributed by atoms with E-state index in [0.717, 1.165) is 5.75 Å². The summed E-state index contributed by atoms with van der Waals surface area (Å²) in [7, 11) is 0. The average molecular weight is 181 g/mol. The van der Waals surface area contributed by atoms with Crippen molar-refractivity contribution in [1.82, 2.24) is 0 Å². The zero-order valence-electron chi connectivity index (χ0n) is 7.52. The third-order valence-corrected chi connectivity index (χ3v) is 1.76. The topological polar surface area (TPSA) is 55.5 Å². The number of rotatable bonds is 5. The van der Waals surface area contributed by atoms with E-state index in [1.54, 1.807) is 0 Å². The van der Waals surface area contributed by atoms with E-state index in [0.29, 0.717) is 13.0 Å². The highest BCUT2D eigenvalue weighted by Crippen LogP contribution is 2.11. The molecule has 0 aliphatic heterocycles. The van der Waals surface area contributed by atoms with Crippen molar-refractivity contribution >= 4 is 0 Å². The van der Waals surface area contributed by atoms with E-state index in [1.807, 2.05) is 30.3 Å². The molecule has 0 heterocycles. The lowest BCUT2D eigenvalue weighted by Crippen LogP contribution is -2.27. The highest BCUT2D eigenvalue weighted by molar-refractivity contribution is 5.21. The van der Waals surface area contributed by atoms with Gasteiger partial charge in [-0.15, -0.1) is 0 Å². The Morgan fingerprint density at radius 3 is 2.54 bits per heavy atom. The van der Waals surface area contributed by atoms with Gasteiger partial charge in [0.2, 0.25) is 0 Å². The lowest BCUT2D eigenvalue weighted by Gasteiger charge is -2.15. The van der Waals surface area contributed by atoms with Crippen molar-refractivity contribution in [2.45, 2.75) is 12.5 Å². The van der Waals surface area contributed by atoms with Crippen molar-refractivity contribution in [2.24, 2.45) is 5.73 Å². The molecule has 0 aromatic heterocycles. The lowest BCUT2D eigenvalue weighted by atomic mass is 10.2. The van der Waals surface area contributed by atoms with Gasteiger partial charge in [0, 0.05) is 19.6 Å². The summed E-state index contributed by atoms with van der Waals surface area (Å²) >= 11 is 0.